The standard InChI is InChI=1S/C14H19NO4/c1-3-12-10(7-9-19-12)13(16)15-8-5-6-11(15)14(17)18-4-2/h7,9,11H,3-6,8H2,1-2H3. The Balaban J connectivity index is 2.16. The zero-order valence-electron chi connectivity index (χ0n) is 11.3. The van der Waals surface area contributed by atoms with Crippen LogP contribution >= 0.6 is 0 Å². The van der Waals surface area contributed by atoms with Crippen molar-refractivity contribution in [1.82, 2.24) is 4.90 Å². The summed E-state index contributed by atoms with van der Waals surface area (Å²) in [5.74, 6) is 0.218. The number of amides is 1. The van der Waals surface area contributed by atoms with E-state index in [9.17, 15) is 9.59 Å². The molecule has 1 aliphatic rings. The molecule has 2 rings (SSSR count). The number of carbonyl (C=O) groups excluding carboxylic acids is 2. The Labute approximate surface area is 112 Å². The largest absolute Gasteiger partial charge is 0.469 e. The zero-order chi connectivity index (χ0) is 13.8. The summed E-state index contributed by atoms with van der Waals surface area (Å²) in [7, 11) is 0. The third kappa shape index (κ3) is 2.64. The first-order valence-corrected chi connectivity index (χ1v) is 6.73. The highest BCUT2D eigenvalue weighted by Gasteiger charge is 2.36. The molecule has 1 amide bonds. The number of esters is 1. The van der Waals surface area contributed by atoms with Crippen LogP contribution in [0.2, 0.25) is 0 Å². The third-order valence-corrected chi connectivity index (χ3v) is 3.37. The lowest BCUT2D eigenvalue weighted by Gasteiger charge is -2.22. The lowest BCUT2D eigenvalue weighted by Crippen LogP contribution is -2.41. The Kier molecular flexibility index (Phi) is 4.24. The maximum absolute atomic E-state index is 12.5. The van der Waals surface area contributed by atoms with Gasteiger partial charge in [0.1, 0.15) is 11.8 Å². The second-order valence-corrected chi connectivity index (χ2v) is 4.52. The minimum absolute atomic E-state index is 0.138. The van der Waals surface area contributed by atoms with E-state index in [0.29, 0.717) is 37.3 Å². The molecule has 0 aromatic carbocycles. The molecule has 0 aliphatic carbocycles. The molecule has 0 N–H and O–H groups in total. The van der Waals surface area contributed by atoms with E-state index in [1.807, 2.05) is 6.92 Å². The lowest BCUT2D eigenvalue weighted by atomic mass is 10.1. The summed E-state index contributed by atoms with van der Waals surface area (Å²) in [6, 6.07) is 1.22. The van der Waals surface area contributed by atoms with Gasteiger partial charge in [0.2, 0.25) is 0 Å². The van der Waals surface area contributed by atoms with E-state index >= 15 is 0 Å². The van der Waals surface area contributed by atoms with Gasteiger partial charge in [-0.1, -0.05) is 6.92 Å². The highest BCUT2D eigenvalue weighted by molar-refractivity contribution is 5.97. The molecule has 1 aromatic heterocycles. The van der Waals surface area contributed by atoms with E-state index < -0.39 is 6.04 Å². The summed E-state index contributed by atoms with van der Waals surface area (Å²) < 4.78 is 10.3. The van der Waals surface area contributed by atoms with E-state index in [1.165, 1.54) is 6.26 Å². The Hall–Kier alpha value is -1.78. The molecule has 0 saturated carbocycles. The fraction of sp³-hybridized carbons (Fsp3) is 0.571. The molecule has 19 heavy (non-hydrogen) atoms. The number of likely N-dealkylation sites (tertiary alicyclic amines) is 1. The Morgan fingerprint density at radius 3 is 2.95 bits per heavy atom. The summed E-state index contributed by atoms with van der Waals surface area (Å²) in [4.78, 5) is 25.9. The quantitative estimate of drug-likeness (QED) is 0.781. The molecule has 104 valence electrons. The first-order chi connectivity index (χ1) is 9.19. The summed E-state index contributed by atoms with van der Waals surface area (Å²) in [5.41, 5.74) is 0.554. The summed E-state index contributed by atoms with van der Waals surface area (Å²) in [6.07, 6.45) is 3.67. The molecule has 5 heteroatoms. The van der Waals surface area contributed by atoms with Crippen LogP contribution in [0, 0.1) is 0 Å². The predicted octanol–water partition coefficient (Wildman–Crippen LogP) is 2.01. The van der Waals surface area contributed by atoms with Crippen molar-refractivity contribution in [3.8, 4) is 0 Å². The average molecular weight is 265 g/mol. The number of carbonyl (C=O) groups is 2. The number of aryl methyl sites for hydroxylation is 1. The summed E-state index contributed by atoms with van der Waals surface area (Å²) in [5, 5.41) is 0. The molecule has 5 nitrogen and oxygen atoms in total. The van der Waals surface area contributed by atoms with Crippen molar-refractivity contribution in [2.24, 2.45) is 0 Å². The Morgan fingerprint density at radius 2 is 2.26 bits per heavy atom. The average Bonchev–Trinajstić information content (AvgIpc) is 3.06. The van der Waals surface area contributed by atoms with Crippen LogP contribution < -0.4 is 0 Å². The van der Waals surface area contributed by atoms with E-state index in [1.54, 1.807) is 17.9 Å². The molecule has 0 spiro atoms. The molecule has 0 bridgehead atoms. The van der Waals surface area contributed by atoms with Crippen molar-refractivity contribution in [3.05, 3.63) is 23.7 Å². The fourth-order valence-corrected chi connectivity index (χ4v) is 2.45. The van der Waals surface area contributed by atoms with Crippen molar-refractivity contribution in [1.29, 1.82) is 0 Å². The predicted molar refractivity (Wildman–Crippen MR) is 68.8 cm³/mol. The molecule has 1 fully saturated rings. The van der Waals surface area contributed by atoms with Gasteiger partial charge in [0.05, 0.1) is 18.4 Å². The van der Waals surface area contributed by atoms with Gasteiger partial charge in [-0.2, -0.15) is 0 Å². The van der Waals surface area contributed by atoms with E-state index in [0.717, 1.165) is 6.42 Å². The van der Waals surface area contributed by atoms with Gasteiger partial charge in [-0.15, -0.1) is 0 Å². The number of furan rings is 1. The van der Waals surface area contributed by atoms with Crippen LogP contribution in [0.25, 0.3) is 0 Å². The number of rotatable bonds is 4. The van der Waals surface area contributed by atoms with Crippen LogP contribution in [-0.2, 0) is 16.0 Å². The first kappa shape index (κ1) is 13.6. The van der Waals surface area contributed by atoms with Gasteiger partial charge >= 0.3 is 5.97 Å². The Bertz CT molecular complexity index is 466. The Morgan fingerprint density at radius 1 is 1.47 bits per heavy atom. The van der Waals surface area contributed by atoms with Crippen LogP contribution in [0.1, 0.15) is 42.8 Å². The molecule has 1 aromatic rings. The van der Waals surface area contributed by atoms with Crippen molar-refractivity contribution >= 4 is 11.9 Å². The monoisotopic (exact) mass is 265 g/mol. The molecule has 1 atom stereocenters. The summed E-state index contributed by atoms with van der Waals surface area (Å²) >= 11 is 0. The molecule has 0 radical (unpaired) electrons. The minimum Gasteiger partial charge on any atom is -0.469 e. The molecular formula is C14H19NO4. The number of nitrogens with zero attached hydrogens (tertiary/aromatic N) is 1. The molecule has 2 heterocycles. The van der Waals surface area contributed by atoms with Crippen molar-refractivity contribution in [3.63, 3.8) is 0 Å². The van der Waals surface area contributed by atoms with Gasteiger partial charge < -0.3 is 14.1 Å². The van der Waals surface area contributed by atoms with Crippen LogP contribution in [0.15, 0.2) is 16.7 Å². The molecule has 1 saturated heterocycles. The minimum atomic E-state index is -0.452. The second-order valence-electron chi connectivity index (χ2n) is 4.52. The van der Waals surface area contributed by atoms with Crippen LogP contribution in [0.5, 0.6) is 0 Å². The molecule has 1 unspecified atom stereocenters. The van der Waals surface area contributed by atoms with E-state index in [2.05, 4.69) is 0 Å². The first-order valence-electron chi connectivity index (χ1n) is 6.73. The van der Waals surface area contributed by atoms with Crippen molar-refractivity contribution < 1.29 is 18.7 Å². The number of ether oxygens (including phenoxy) is 1. The number of hydrogen-bond donors (Lipinski definition) is 0. The third-order valence-electron chi connectivity index (χ3n) is 3.37. The van der Waals surface area contributed by atoms with Gasteiger partial charge in [0.25, 0.3) is 5.91 Å². The fourth-order valence-electron chi connectivity index (χ4n) is 2.45. The van der Waals surface area contributed by atoms with Crippen LogP contribution in [-0.4, -0.2) is 36.0 Å². The number of hydrogen-bond acceptors (Lipinski definition) is 4. The van der Waals surface area contributed by atoms with Gasteiger partial charge in [0, 0.05) is 13.0 Å². The SMILES string of the molecule is CCOC(=O)C1CCCN1C(=O)c1ccoc1CC. The summed E-state index contributed by atoms with van der Waals surface area (Å²) in [6.45, 7) is 4.63. The van der Waals surface area contributed by atoms with Crippen LogP contribution in [0.4, 0.5) is 0 Å². The van der Waals surface area contributed by atoms with Gasteiger partial charge in [-0.3, -0.25) is 4.79 Å². The second kappa shape index (κ2) is 5.91. The zero-order valence-corrected chi connectivity index (χ0v) is 11.3. The van der Waals surface area contributed by atoms with Gasteiger partial charge in [0.15, 0.2) is 0 Å². The topological polar surface area (TPSA) is 59.8 Å². The van der Waals surface area contributed by atoms with Crippen molar-refractivity contribution in [2.75, 3.05) is 13.2 Å². The maximum Gasteiger partial charge on any atom is 0.328 e. The van der Waals surface area contributed by atoms with Gasteiger partial charge in [-0.05, 0) is 25.8 Å². The van der Waals surface area contributed by atoms with Gasteiger partial charge in [-0.25, -0.2) is 4.79 Å². The molecular weight excluding hydrogens is 246 g/mol. The maximum atomic E-state index is 12.5. The normalized spacial score (nSPS) is 18.6. The van der Waals surface area contributed by atoms with E-state index in [-0.39, 0.29) is 11.9 Å². The van der Waals surface area contributed by atoms with Crippen LogP contribution in [0.3, 0.4) is 0 Å². The highest BCUT2D eigenvalue weighted by atomic mass is 16.5. The van der Waals surface area contributed by atoms with E-state index in [4.69, 9.17) is 9.15 Å². The van der Waals surface area contributed by atoms with Crippen molar-refractivity contribution in [2.45, 2.75) is 39.2 Å². The smallest absolute Gasteiger partial charge is 0.328 e. The highest BCUT2D eigenvalue weighted by Crippen LogP contribution is 2.23. The lowest BCUT2D eigenvalue weighted by molar-refractivity contribution is -0.147. The molecule has 1 aliphatic heterocycles.